The fourth-order valence-corrected chi connectivity index (χ4v) is 6.20. The molecule has 0 spiro atoms. The summed E-state index contributed by atoms with van der Waals surface area (Å²) in [7, 11) is 0. The Bertz CT molecular complexity index is 1960. The van der Waals surface area contributed by atoms with E-state index in [1.54, 1.807) is 46.3 Å². The smallest absolute Gasteiger partial charge is 0.272 e. The Balaban J connectivity index is 0.875. The number of nitrogens with two attached hydrogens (primary N) is 1. The largest absolute Gasteiger partial charge is 0.397 e. The van der Waals surface area contributed by atoms with Crippen LogP contribution in [0.1, 0.15) is 32.1 Å². The summed E-state index contributed by atoms with van der Waals surface area (Å²) in [5.74, 6) is -1.57. The van der Waals surface area contributed by atoms with Crippen LogP contribution in [0.4, 0.5) is 15.8 Å². The number of carbonyl (C=O) groups excluding carboxylic acids is 3. The minimum absolute atomic E-state index is 0.0498. The van der Waals surface area contributed by atoms with Gasteiger partial charge in [0.15, 0.2) is 5.69 Å². The number of halogens is 1. The molecule has 0 unspecified atom stereocenters. The van der Waals surface area contributed by atoms with Crippen LogP contribution in [0, 0.1) is 5.82 Å². The number of nitrogen functional groups attached to an aromatic ring is 1. The third-order valence-electron chi connectivity index (χ3n) is 9.05. The van der Waals surface area contributed by atoms with Crippen LogP contribution in [0.3, 0.4) is 0 Å². The summed E-state index contributed by atoms with van der Waals surface area (Å²) in [6.07, 6.45) is 1.94. The van der Waals surface area contributed by atoms with Crippen molar-refractivity contribution in [2.45, 2.75) is 6.42 Å². The molecule has 2 aliphatic heterocycles. The van der Waals surface area contributed by atoms with Crippen molar-refractivity contribution in [3.63, 3.8) is 0 Å². The molecule has 0 atom stereocenters. The molecule has 6 rings (SSSR count). The summed E-state index contributed by atoms with van der Waals surface area (Å²) in [5.41, 5.74) is 8.36. The monoisotopic (exact) mass is 715 g/mol. The first-order valence-corrected chi connectivity index (χ1v) is 17.2. The van der Waals surface area contributed by atoms with Gasteiger partial charge < -0.3 is 40.5 Å². The molecule has 2 aromatic carbocycles. The van der Waals surface area contributed by atoms with Crippen LogP contribution in [0.2, 0.25) is 0 Å². The molecule has 15 nitrogen and oxygen atoms in total. The SMILES string of the molecule is Nc1cc(N2CCOCC2)cnc1C(=O)NCCOCCNCC(=O)N1CCN(C(=O)c2cc(Cc3n[nH]c(=O)c4ccccc34)ccc2F)CC1. The molecule has 0 radical (unpaired) electrons. The fraction of sp³-hybridized carbons (Fsp3) is 0.389. The Kier molecular flexibility index (Phi) is 12.0. The average Bonchev–Trinajstić information content (AvgIpc) is 3.17. The lowest BCUT2D eigenvalue weighted by Gasteiger charge is -2.35. The Morgan fingerprint density at radius 2 is 1.67 bits per heavy atom. The number of piperazine rings is 1. The molecule has 2 saturated heterocycles. The predicted molar refractivity (Wildman–Crippen MR) is 192 cm³/mol. The van der Waals surface area contributed by atoms with E-state index in [2.05, 4.69) is 30.7 Å². The van der Waals surface area contributed by atoms with Crippen LogP contribution in [0.15, 0.2) is 59.5 Å². The molecule has 2 aliphatic rings. The van der Waals surface area contributed by atoms with Gasteiger partial charge in [0, 0.05) is 64.2 Å². The Hall–Kier alpha value is -5.45. The number of pyridine rings is 1. The number of nitrogens with zero attached hydrogens (tertiary/aromatic N) is 5. The Morgan fingerprint density at radius 3 is 2.44 bits per heavy atom. The third-order valence-corrected chi connectivity index (χ3v) is 9.05. The van der Waals surface area contributed by atoms with E-state index in [0.29, 0.717) is 73.6 Å². The maximum atomic E-state index is 14.9. The molecule has 0 bridgehead atoms. The number of aromatic nitrogens is 3. The molecule has 2 aromatic heterocycles. The van der Waals surface area contributed by atoms with E-state index in [1.807, 2.05) is 6.07 Å². The number of hydrogen-bond donors (Lipinski definition) is 4. The molecule has 5 N–H and O–H groups in total. The average molecular weight is 716 g/mol. The fourth-order valence-electron chi connectivity index (χ4n) is 6.20. The maximum absolute atomic E-state index is 14.9. The number of H-pyrrole nitrogens is 1. The number of fused-ring (bicyclic) bond motifs is 1. The Morgan fingerprint density at radius 1 is 0.942 bits per heavy atom. The van der Waals surface area contributed by atoms with E-state index in [1.165, 1.54) is 12.1 Å². The van der Waals surface area contributed by atoms with E-state index < -0.39 is 11.7 Å². The molecular weight excluding hydrogens is 673 g/mol. The highest BCUT2D eigenvalue weighted by molar-refractivity contribution is 5.97. The van der Waals surface area contributed by atoms with E-state index >= 15 is 0 Å². The molecule has 4 aromatic rings. The molecule has 274 valence electrons. The number of hydrogen-bond acceptors (Lipinski definition) is 11. The van der Waals surface area contributed by atoms with Crippen LogP contribution < -0.4 is 26.8 Å². The highest BCUT2D eigenvalue weighted by atomic mass is 19.1. The van der Waals surface area contributed by atoms with Gasteiger partial charge in [0.25, 0.3) is 17.4 Å². The molecular formula is C36H42FN9O6. The van der Waals surface area contributed by atoms with Crippen LogP contribution >= 0.6 is 0 Å². The van der Waals surface area contributed by atoms with Gasteiger partial charge in [-0.1, -0.05) is 24.3 Å². The zero-order valence-electron chi connectivity index (χ0n) is 28.7. The van der Waals surface area contributed by atoms with Gasteiger partial charge >= 0.3 is 0 Å². The minimum Gasteiger partial charge on any atom is -0.397 e. The zero-order valence-corrected chi connectivity index (χ0v) is 28.7. The number of nitrogens with one attached hydrogen (secondary N) is 3. The van der Waals surface area contributed by atoms with Crippen molar-refractivity contribution in [3.8, 4) is 0 Å². The third kappa shape index (κ3) is 8.88. The zero-order chi connectivity index (χ0) is 36.5. The number of carbonyl (C=O) groups is 3. The van der Waals surface area contributed by atoms with E-state index in [0.717, 1.165) is 18.8 Å². The number of amides is 3. The van der Waals surface area contributed by atoms with Crippen LogP contribution in [-0.4, -0.2) is 128 Å². The second-order valence-electron chi connectivity index (χ2n) is 12.5. The van der Waals surface area contributed by atoms with Crippen molar-refractivity contribution < 1.29 is 28.2 Å². The van der Waals surface area contributed by atoms with Gasteiger partial charge in [-0.15, -0.1) is 0 Å². The summed E-state index contributed by atoms with van der Waals surface area (Å²) in [6.45, 7) is 5.35. The highest BCUT2D eigenvalue weighted by Crippen LogP contribution is 2.21. The molecule has 0 aliphatic carbocycles. The Labute approximate surface area is 299 Å². The lowest BCUT2D eigenvalue weighted by Crippen LogP contribution is -2.52. The lowest BCUT2D eigenvalue weighted by molar-refractivity contribution is -0.131. The van der Waals surface area contributed by atoms with Crippen molar-refractivity contribution in [3.05, 3.63) is 93.4 Å². The second kappa shape index (κ2) is 17.2. The number of rotatable bonds is 13. The van der Waals surface area contributed by atoms with Gasteiger partial charge in [-0.3, -0.25) is 19.2 Å². The molecule has 4 heterocycles. The van der Waals surface area contributed by atoms with Gasteiger partial charge in [0.1, 0.15) is 5.82 Å². The molecule has 0 saturated carbocycles. The summed E-state index contributed by atoms with van der Waals surface area (Å²) in [6, 6.07) is 13.2. The van der Waals surface area contributed by atoms with Gasteiger partial charge in [-0.05, 0) is 29.8 Å². The van der Waals surface area contributed by atoms with Crippen molar-refractivity contribution in [2.75, 3.05) is 96.0 Å². The topological polar surface area (TPSA) is 188 Å². The highest BCUT2D eigenvalue weighted by Gasteiger charge is 2.26. The van der Waals surface area contributed by atoms with Crippen LogP contribution in [0.5, 0.6) is 0 Å². The number of ether oxygens (including phenoxy) is 2. The second-order valence-corrected chi connectivity index (χ2v) is 12.5. The molecule has 52 heavy (non-hydrogen) atoms. The predicted octanol–water partition coefficient (Wildman–Crippen LogP) is 0.787. The van der Waals surface area contributed by atoms with Gasteiger partial charge in [-0.25, -0.2) is 14.5 Å². The van der Waals surface area contributed by atoms with Crippen LogP contribution in [-0.2, 0) is 20.7 Å². The first kappa shape index (κ1) is 36.3. The summed E-state index contributed by atoms with van der Waals surface area (Å²) in [4.78, 5) is 60.4. The summed E-state index contributed by atoms with van der Waals surface area (Å²) < 4.78 is 25.8. The van der Waals surface area contributed by atoms with Gasteiger partial charge in [-0.2, -0.15) is 5.10 Å². The summed E-state index contributed by atoms with van der Waals surface area (Å²) >= 11 is 0. The maximum Gasteiger partial charge on any atom is 0.272 e. The number of benzene rings is 2. The van der Waals surface area contributed by atoms with Crippen molar-refractivity contribution in [2.24, 2.45) is 0 Å². The number of morpholine rings is 1. The van der Waals surface area contributed by atoms with Crippen molar-refractivity contribution in [1.82, 2.24) is 35.6 Å². The lowest BCUT2D eigenvalue weighted by atomic mass is 10.0. The quantitative estimate of drug-likeness (QED) is 0.143. The standard InChI is InChI=1S/C36H42FN9O6/c37-29-6-5-24(20-31-26-3-1-2-4-27(26)34(48)43-42-31)19-28(29)36(50)46-11-9-45(10-12-46)32(47)23-39-7-15-51-16-8-40-35(49)33-30(38)21-25(22-41-33)44-13-17-52-18-14-44/h1-6,19,21-22,39H,7-18,20,23,38H2,(H,40,49)(H,43,48). The van der Waals surface area contributed by atoms with Crippen LogP contribution in [0.25, 0.3) is 10.8 Å². The number of aromatic amines is 1. The van der Waals surface area contributed by atoms with Gasteiger partial charge in [0.2, 0.25) is 5.91 Å². The van der Waals surface area contributed by atoms with E-state index in [9.17, 15) is 23.6 Å². The molecule has 16 heteroatoms. The normalized spacial score (nSPS) is 14.8. The molecule has 3 amide bonds. The molecule has 2 fully saturated rings. The first-order valence-electron chi connectivity index (χ1n) is 17.2. The minimum atomic E-state index is -0.628. The van der Waals surface area contributed by atoms with Crippen molar-refractivity contribution in [1.29, 1.82) is 0 Å². The van der Waals surface area contributed by atoms with E-state index in [4.69, 9.17) is 15.2 Å². The van der Waals surface area contributed by atoms with E-state index in [-0.39, 0.29) is 61.4 Å². The van der Waals surface area contributed by atoms with Crippen molar-refractivity contribution >= 4 is 39.9 Å². The summed E-state index contributed by atoms with van der Waals surface area (Å²) in [5, 5.41) is 13.7. The number of anilines is 2. The first-order chi connectivity index (χ1) is 25.3. The van der Waals surface area contributed by atoms with Gasteiger partial charge in [0.05, 0.1) is 67.2 Å².